The highest BCUT2D eigenvalue weighted by Gasteiger charge is 1.98. The summed E-state index contributed by atoms with van der Waals surface area (Å²) in [4.78, 5) is 1.29. The van der Waals surface area contributed by atoms with Gasteiger partial charge in [0.15, 0.2) is 0 Å². The lowest BCUT2D eigenvalue weighted by atomic mass is 10.2. The van der Waals surface area contributed by atoms with Crippen LogP contribution in [0.25, 0.3) is 0 Å². The van der Waals surface area contributed by atoms with E-state index in [1.54, 1.807) is 23.5 Å². The first-order chi connectivity index (χ1) is 7.74. The fraction of sp³-hybridized carbons (Fsp3) is 0.167. The number of halogens is 2. The first-order valence-corrected chi connectivity index (χ1v) is 6.54. The molecule has 16 heavy (non-hydrogen) atoms. The summed E-state index contributed by atoms with van der Waals surface area (Å²) in [5, 5.41) is 3.32. The smallest absolute Gasteiger partial charge is 0.123 e. The molecular weight excluding hydrogens is 289 g/mol. The molecule has 0 saturated heterocycles. The van der Waals surface area contributed by atoms with Gasteiger partial charge in [-0.3, -0.25) is 0 Å². The molecule has 0 aliphatic carbocycles. The minimum absolute atomic E-state index is 0.189. The third kappa shape index (κ3) is 3.40. The summed E-state index contributed by atoms with van der Waals surface area (Å²) in [6, 6.07) is 10.7. The second kappa shape index (κ2) is 5.57. The van der Waals surface area contributed by atoms with Gasteiger partial charge in [-0.15, -0.1) is 11.3 Å². The van der Waals surface area contributed by atoms with Gasteiger partial charge < -0.3 is 5.32 Å². The predicted octanol–water partition coefficient (Wildman–Crippen LogP) is 3.94. The molecule has 0 aliphatic rings. The summed E-state index contributed by atoms with van der Waals surface area (Å²) in [5.41, 5.74) is 1.09. The Bertz CT molecular complexity index is 452. The van der Waals surface area contributed by atoms with Gasteiger partial charge in [-0.05, 0) is 45.8 Å². The van der Waals surface area contributed by atoms with Crippen molar-refractivity contribution in [3.05, 3.63) is 56.4 Å². The number of benzene rings is 1. The van der Waals surface area contributed by atoms with Gasteiger partial charge in [-0.25, -0.2) is 4.39 Å². The first-order valence-electron chi connectivity index (χ1n) is 4.93. The van der Waals surface area contributed by atoms with Crippen LogP contribution in [-0.4, -0.2) is 0 Å². The quantitative estimate of drug-likeness (QED) is 0.902. The fourth-order valence-corrected chi connectivity index (χ4v) is 2.83. The highest BCUT2D eigenvalue weighted by atomic mass is 79.9. The fourth-order valence-electron chi connectivity index (χ4n) is 1.38. The summed E-state index contributed by atoms with van der Waals surface area (Å²) in [5.74, 6) is -0.189. The highest BCUT2D eigenvalue weighted by Crippen LogP contribution is 2.21. The maximum Gasteiger partial charge on any atom is 0.123 e. The lowest BCUT2D eigenvalue weighted by Crippen LogP contribution is -2.11. The molecule has 2 aromatic rings. The molecular formula is C12H11BrFNS. The average Bonchev–Trinajstić information content (AvgIpc) is 2.67. The molecule has 0 amide bonds. The molecule has 0 saturated carbocycles. The van der Waals surface area contributed by atoms with Crippen molar-refractivity contribution in [3.8, 4) is 0 Å². The third-order valence-electron chi connectivity index (χ3n) is 2.17. The van der Waals surface area contributed by atoms with Crippen LogP contribution in [0.3, 0.4) is 0 Å². The SMILES string of the molecule is Fc1ccc(CNCc2ccc(Br)s2)cc1. The van der Waals surface area contributed by atoms with E-state index in [4.69, 9.17) is 0 Å². The Balaban J connectivity index is 1.82. The molecule has 2 rings (SSSR count). The molecule has 0 aliphatic heterocycles. The van der Waals surface area contributed by atoms with E-state index in [1.807, 2.05) is 6.07 Å². The van der Waals surface area contributed by atoms with Crippen LogP contribution in [0.5, 0.6) is 0 Å². The van der Waals surface area contributed by atoms with E-state index in [0.717, 1.165) is 22.4 Å². The van der Waals surface area contributed by atoms with E-state index in [-0.39, 0.29) is 5.82 Å². The van der Waals surface area contributed by atoms with Gasteiger partial charge in [0.25, 0.3) is 0 Å². The molecule has 1 aromatic carbocycles. The minimum atomic E-state index is -0.189. The summed E-state index contributed by atoms with van der Waals surface area (Å²) in [6.45, 7) is 1.60. The maximum atomic E-state index is 12.7. The van der Waals surface area contributed by atoms with Gasteiger partial charge in [0.1, 0.15) is 5.82 Å². The van der Waals surface area contributed by atoms with Crippen LogP contribution < -0.4 is 5.32 Å². The zero-order valence-corrected chi connectivity index (χ0v) is 10.9. The number of hydrogen-bond donors (Lipinski definition) is 1. The van der Waals surface area contributed by atoms with E-state index in [1.165, 1.54) is 17.0 Å². The van der Waals surface area contributed by atoms with Gasteiger partial charge in [-0.1, -0.05) is 12.1 Å². The van der Waals surface area contributed by atoms with E-state index in [2.05, 4.69) is 27.3 Å². The highest BCUT2D eigenvalue weighted by molar-refractivity contribution is 9.11. The molecule has 0 fully saturated rings. The monoisotopic (exact) mass is 299 g/mol. The summed E-state index contributed by atoms with van der Waals surface area (Å²) in [7, 11) is 0. The van der Waals surface area contributed by atoms with E-state index < -0.39 is 0 Å². The molecule has 84 valence electrons. The van der Waals surface area contributed by atoms with Crippen LogP contribution in [-0.2, 0) is 13.1 Å². The largest absolute Gasteiger partial charge is 0.308 e. The Morgan fingerprint density at radius 2 is 1.81 bits per heavy atom. The molecule has 1 aromatic heterocycles. The lowest BCUT2D eigenvalue weighted by Gasteiger charge is -2.03. The molecule has 1 nitrogen and oxygen atoms in total. The zero-order chi connectivity index (χ0) is 11.4. The van der Waals surface area contributed by atoms with Gasteiger partial charge in [0.2, 0.25) is 0 Å². The topological polar surface area (TPSA) is 12.0 Å². The molecule has 1 N–H and O–H groups in total. The van der Waals surface area contributed by atoms with Crippen LogP contribution in [0.4, 0.5) is 4.39 Å². The summed E-state index contributed by atoms with van der Waals surface area (Å²) >= 11 is 5.15. The molecule has 1 heterocycles. The Morgan fingerprint density at radius 1 is 1.06 bits per heavy atom. The molecule has 0 unspecified atom stereocenters. The van der Waals surface area contributed by atoms with Gasteiger partial charge in [0.05, 0.1) is 3.79 Å². The van der Waals surface area contributed by atoms with Crippen molar-refractivity contribution < 1.29 is 4.39 Å². The Kier molecular flexibility index (Phi) is 4.09. The second-order valence-corrected chi connectivity index (χ2v) is 5.98. The van der Waals surface area contributed by atoms with Crippen LogP contribution in [0, 0.1) is 5.82 Å². The molecule has 4 heteroatoms. The molecule has 0 spiro atoms. The standard InChI is InChI=1S/C12H11BrFNS/c13-12-6-5-11(16-12)8-15-7-9-1-3-10(14)4-2-9/h1-6,15H,7-8H2. The molecule has 0 bridgehead atoms. The van der Waals surface area contributed by atoms with E-state index in [0.29, 0.717) is 0 Å². The lowest BCUT2D eigenvalue weighted by molar-refractivity contribution is 0.625. The second-order valence-electron chi connectivity index (χ2n) is 3.44. The van der Waals surface area contributed by atoms with Crippen molar-refractivity contribution in [3.63, 3.8) is 0 Å². The number of rotatable bonds is 4. The Hall–Kier alpha value is -0.710. The van der Waals surface area contributed by atoms with Gasteiger partial charge in [-0.2, -0.15) is 0 Å². The van der Waals surface area contributed by atoms with Crippen molar-refractivity contribution in [1.82, 2.24) is 5.32 Å². The predicted molar refractivity (Wildman–Crippen MR) is 69.0 cm³/mol. The van der Waals surface area contributed by atoms with Crippen LogP contribution in [0.1, 0.15) is 10.4 Å². The first kappa shape index (κ1) is 11.8. The molecule has 0 atom stereocenters. The number of hydrogen-bond acceptors (Lipinski definition) is 2. The third-order valence-corrected chi connectivity index (χ3v) is 3.79. The Morgan fingerprint density at radius 3 is 2.44 bits per heavy atom. The normalized spacial score (nSPS) is 10.6. The van der Waals surface area contributed by atoms with E-state index >= 15 is 0 Å². The average molecular weight is 300 g/mol. The van der Waals surface area contributed by atoms with Crippen molar-refractivity contribution in [2.45, 2.75) is 13.1 Å². The van der Waals surface area contributed by atoms with Crippen molar-refractivity contribution in [2.75, 3.05) is 0 Å². The molecule has 0 radical (unpaired) electrons. The summed E-state index contributed by atoms with van der Waals surface area (Å²) in [6.07, 6.45) is 0. The van der Waals surface area contributed by atoms with Crippen molar-refractivity contribution >= 4 is 27.3 Å². The van der Waals surface area contributed by atoms with Crippen LogP contribution >= 0.6 is 27.3 Å². The van der Waals surface area contributed by atoms with Crippen LogP contribution in [0.15, 0.2) is 40.2 Å². The number of thiophene rings is 1. The van der Waals surface area contributed by atoms with Gasteiger partial charge in [0, 0.05) is 18.0 Å². The summed E-state index contributed by atoms with van der Waals surface area (Å²) < 4.78 is 13.8. The van der Waals surface area contributed by atoms with Crippen molar-refractivity contribution in [2.24, 2.45) is 0 Å². The van der Waals surface area contributed by atoms with Crippen molar-refractivity contribution in [1.29, 1.82) is 0 Å². The minimum Gasteiger partial charge on any atom is -0.308 e. The number of nitrogens with one attached hydrogen (secondary N) is 1. The maximum absolute atomic E-state index is 12.7. The van der Waals surface area contributed by atoms with Gasteiger partial charge >= 0.3 is 0 Å². The zero-order valence-electron chi connectivity index (χ0n) is 8.54. The Labute approximate surface area is 106 Å². The van der Waals surface area contributed by atoms with Crippen LogP contribution in [0.2, 0.25) is 0 Å². The van der Waals surface area contributed by atoms with E-state index in [9.17, 15) is 4.39 Å².